The van der Waals surface area contributed by atoms with Crippen LogP contribution in [0.25, 0.3) is 0 Å². The molecule has 1 aromatic heterocycles. The Labute approximate surface area is 197 Å². The molecule has 35 heavy (non-hydrogen) atoms. The normalized spacial score (nSPS) is 19.7. The minimum atomic E-state index is -4.91. The predicted octanol–water partition coefficient (Wildman–Crippen LogP) is 6.34. The van der Waals surface area contributed by atoms with Crippen LogP contribution in [0.5, 0.6) is 0 Å². The van der Waals surface area contributed by atoms with Crippen molar-refractivity contribution in [3.8, 4) is 0 Å². The van der Waals surface area contributed by atoms with Gasteiger partial charge in [0.2, 0.25) is 5.89 Å². The number of halogens is 6. The van der Waals surface area contributed by atoms with E-state index in [2.05, 4.69) is 15.0 Å². The maximum atomic E-state index is 13.2. The van der Waals surface area contributed by atoms with Gasteiger partial charge in [-0.25, -0.2) is 0 Å². The third-order valence-corrected chi connectivity index (χ3v) is 5.84. The van der Waals surface area contributed by atoms with Crippen LogP contribution in [-0.2, 0) is 30.2 Å². The van der Waals surface area contributed by atoms with Gasteiger partial charge in [0, 0.05) is 0 Å². The highest BCUT2D eigenvalue weighted by Crippen LogP contribution is 2.38. The fourth-order valence-electron chi connectivity index (χ4n) is 4.34. The summed E-state index contributed by atoms with van der Waals surface area (Å²) in [5, 5.41) is 3.80. The number of likely N-dealkylation sites (tertiary alicyclic amines) is 1. The zero-order valence-corrected chi connectivity index (χ0v) is 18.7. The SMILES string of the molecule is Cc1noc(CN2CCC[C@@H](OCc3cc(C(F)(F)F)cc(C(F)(F)F)c3)[C@H]2c2ccccc2)n1. The van der Waals surface area contributed by atoms with Crippen LogP contribution in [0, 0.1) is 6.92 Å². The summed E-state index contributed by atoms with van der Waals surface area (Å²) in [5.74, 6) is 0.905. The topological polar surface area (TPSA) is 51.4 Å². The van der Waals surface area contributed by atoms with Crippen molar-refractivity contribution in [1.29, 1.82) is 0 Å². The Morgan fingerprint density at radius 1 is 1.00 bits per heavy atom. The number of rotatable bonds is 6. The van der Waals surface area contributed by atoms with E-state index in [-0.39, 0.29) is 17.7 Å². The summed E-state index contributed by atoms with van der Waals surface area (Å²) in [6, 6.07) is 10.6. The number of hydrogen-bond acceptors (Lipinski definition) is 5. The molecule has 0 unspecified atom stereocenters. The van der Waals surface area contributed by atoms with Crippen molar-refractivity contribution in [2.75, 3.05) is 6.54 Å². The molecule has 1 aliphatic rings. The molecule has 0 N–H and O–H groups in total. The molecule has 1 saturated heterocycles. The van der Waals surface area contributed by atoms with Gasteiger partial charge >= 0.3 is 12.4 Å². The molecule has 4 rings (SSSR count). The molecule has 1 aliphatic heterocycles. The number of ether oxygens (including phenoxy) is 1. The molecule has 0 bridgehead atoms. The van der Waals surface area contributed by atoms with Crippen LogP contribution in [0.3, 0.4) is 0 Å². The van der Waals surface area contributed by atoms with Gasteiger partial charge in [0.15, 0.2) is 5.82 Å². The van der Waals surface area contributed by atoms with Gasteiger partial charge in [-0.3, -0.25) is 4.90 Å². The van der Waals surface area contributed by atoms with E-state index in [1.807, 2.05) is 30.3 Å². The van der Waals surface area contributed by atoms with Crippen molar-refractivity contribution in [1.82, 2.24) is 15.0 Å². The van der Waals surface area contributed by atoms with Crippen molar-refractivity contribution in [3.63, 3.8) is 0 Å². The van der Waals surface area contributed by atoms with Crippen molar-refractivity contribution in [2.45, 2.75) is 57.4 Å². The van der Waals surface area contributed by atoms with E-state index in [9.17, 15) is 26.3 Å². The van der Waals surface area contributed by atoms with E-state index in [0.717, 1.165) is 12.0 Å². The molecule has 188 valence electrons. The Balaban J connectivity index is 1.59. The molecule has 0 saturated carbocycles. The third kappa shape index (κ3) is 6.21. The Morgan fingerprint density at radius 2 is 1.66 bits per heavy atom. The largest absolute Gasteiger partial charge is 0.416 e. The van der Waals surface area contributed by atoms with E-state index >= 15 is 0 Å². The van der Waals surface area contributed by atoms with Crippen LogP contribution in [0.1, 0.15) is 52.9 Å². The van der Waals surface area contributed by atoms with E-state index < -0.39 is 36.2 Å². The highest BCUT2D eigenvalue weighted by Gasteiger charge is 2.38. The minimum Gasteiger partial charge on any atom is -0.372 e. The van der Waals surface area contributed by atoms with Gasteiger partial charge < -0.3 is 9.26 Å². The first kappa shape index (κ1) is 25.2. The third-order valence-electron chi connectivity index (χ3n) is 5.84. The Kier molecular flexibility index (Phi) is 7.18. The van der Waals surface area contributed by atoms with Gasteiger partial charge in [-0.2, -0.15) is 31.3 Å². The summed E-state index contributed by atoms with van der Waals surface area (Å²) < 4.78 is 90.7. The lowest BCUT2D eigenvalue weighted by Gasteiger charge is -2.40. The second kappa shape index (κ2) is 9.98. The summed E-state index contributed by atoms with van der Waals surface area (Å²) in [5.41, 5.74) is -2.00. The molecule has 2 aromatic carbocycles. The number of aromatic nitrogens is 2. The van der Waals surface area contributed by atoms with Crippen molar-refractivity contribution >= 4 is 0 Å². The first-order chi connectivity index (χ1) is 16.5. The lowest BCUT2D eigenvalue weighted by atomic mass is 9.92. The van der Waals surface area contributed by atoms with Crippen LogP contribution in [0.4, 0.5) is 26.3 Å². The average molecular weight is 499 g/mol. The minimum absolute atomic E-state index is 0.116. The highest BCUT2D eigenvalue weighted by atomic mass is 19.4. The molecule has 2 atom stereocenters. The number of piperidine rings is 1. The number of alkyl halides is 6. The summed E-state index contributed by atoms with van der Waals surface area (Å²) in [7, 11) is 0. The van der Waals surface area contributed by atoms with Crippen molar-refractivity contribution < 1.29 is 35.6 Å². The number of nitrogens with zero attached hydrogens (tertiary/aromatic N) is 3. The first-order valence-corrected chi connectivity index (χ1v) is 11.0. The zero-order chi connectivity index (χ0) is 25.2. The quantitative estimate of drug-likeness (QED) is 0.371. The smallest absolute Gasteiger partial charge is 0.372 e. The maximum Gasteiger partial charge on any atom is 0.416 e. The van der Waals surface area contributed by atoms with Gasteiger partial charge in [-0.05, 0) is 55.6 Å². The molecule has 0 amide bonds. The molecule has 3 aromatic rings. The van der Waals surface area contributed by atoms with Crippen molar-refractivity contribution in [2.24, 2.45) is 0 Å². The van der Waals surface area contributed by atoms with Crippen LogP contribution in [-0.4, -0.2) is 27.7 Å². The fraction of sp³-hybridized carbons (Fsp3) is 0.417. The molecular formula is C24H23F6N3O2. The number of aryl methyl sites for hydroxylation is 1. The lowest BCUT2D eigenvalue weighted by Crippen LogP contribution is -2.42. The van der Waals surface area contributed by atoms with E-state index in [1.54, 1.807) is 6.92 Å². The standard InChI is InChI=1S/C24H23F6N3O2/c1-15-31-21(35-32-15)13-33-9-5-8-20(22(33)17-6-3-2-4-7-17)34-14-16-10-18(23(25,26)27)12-19(11-16)24(28,29)30/h2-4,6-7,10-12,20,22H,5,8-9,13-14H2,1H3/t20-,22-/m1/s1. The average Bonchev–Trinajstić information content (AvgIpc) is 3.21. The van der Waals surface area contributed by atoms with Gasteiger partial charge in [-0.1, -0.05) is 35.5 Å². The Hall–Kier alpha value is -2.92. The molecule has 11 heteroatoms. The van der Waals surface area contributed by atoms with Crippen LogP contribution >= 0.6 is 0 Å². The van der Waals surface area contributed by atoms with Gasteiger partial charge in [0.1, 0.15) is 0 Å². The van der Waals surface area contributed by atoms with Crippen LogP contribution in [0.15, 0.2) is 53.1 Å². The predicted molar refractivity (Wildman–Crippen MR) is 113 cm³/mol. The molecule has 2 heterocycles. The Bertz CT molecular complexity index is 1100. The monoisotopic (exact) mass is 499 g/mol. The first-order valence-electron chi connectivity index (χ1n) is 11.0. The summed E-state index contributed by atoms with van der Waals surface area (Å²) in [6.07, 6.45) is -8.99. The zero-order valence-electron chi connectivity index (χ0n) is 18.7. The summed E-state index contributed by atoms with van der Waals surface area (Å²) in [6.45, 7) is 2.33. The fourth-order valence-corrected chi connectivity index (χ4v) is 4.34. The number of hydrogen-bond donors (Lipinski definition) is 0. The van der Waals surface area contributed by atoms with E-state index in [0.29, 0.717) is 43.4 Å². The van der Waals surface area contributed by atoms with Crippen molar-refractivity contribution in [3.05, 3.63) is 82.5 Å². The van der Waals surface area contributed by atoms with E-state index in [4.69, 9.17) is 9.26 Å². The van der Waals surface area contributed by atoms with Gasteiger partial charge in [0.25, 0.3) is 0 Å². The summed E-state index contributed by atoms with van der Waals surface area (Å²) >= 11 is 0. The Morgan fingerprint density at radius 3 is 2.23 bits per heavy atom. The van der Waals surface area contributed by atoms with Crippen LogP contribution < -0.4 is 0 Å². The number of benzene rings is 2. The molecule has 1 fully saturated rings. The van der Waals surface area contributed by atoms with Crippen LogP contribution in [0.2, 0.25) is 0 Å². The molecule has 0 spiro atoms. The second-order valence-corrected chi connectivity index (χ2v) is 8.47. The molecule has 5 nitrogen and oxygen atoms in total. The summed E-state index contributed by atoms with van der Waals surface area (Å²) in [4.78, 5) is 6.32. The highest BCUT2D eigenvalue weighted by molar-refractivity contribution is 5.33. The van der Waals surface area contributed by atoms with Gasteiger partial charge in [-0.15, -0.1) is 0 Å². The lowest BCUT2D eigenvalue weighted by molar-refractivity contribution is -0.143. The van der Waals surface area contributed by atoms with Gasteiger partial charge in [0.05, 0.1) is 36.4 Å². The van der Waals surface area contributed by atoms with E-state index in [1.165, 1.54) is 0 Å². The second-order valence-electron chi connectivity index (χ2n) is 8.47. The molecule has 0 aliphatic carbocycles. The molecular weight excluding hydrogens is 476 g/mol. The maximum absolute atomic E-state index is 13.2. The molecule has 0 radical (unpaired) electrons.